The van der Waals surface area contributed by atoms with Crippen LogP contribution in [-0.4, -0.2) is 19.9 Å². The summed E-state index contributed by atoms with van der Waals surface area (Å²) in [5, 5.41) is 3.38. The lowest BCUT2D eigenvalue weighted by Gasteiger charge is -2.39. The van der Waals surface area contributed by atoms with Gasteiger partial charge in [0, 0.05) is 44.2 Å². The largest absolute Gasteiger partial charge is 0.457 e. The van der Waals surface area contributed by atoms with Crippen LogP contribution < -0.4 is 4.74 Å². The van der Waals surface area contributed by atoms with E-state index in [4.69, 9.17) is 24.7 Å². The van der Waals surface area contributed by atoms with Gasteiger partial charge in [0.1, 0.15) is 11.5 Å². The molecule has 3 heterocycles. The van der Waals surface area contributed by atoms with Gasteiger partial charge in [-0.05, 0) is 58.0 Å². The standard InChI is InChI=1S/C53H32N4O/c1-3-15-34(16-4-1)50-55-51(35-17-5-2-6-18-35)57-52(56-50)36-29-27-33(28-30-36)49-41-31-40-37-19-7-9-21-42(37)53(45(40)32-39(41)38-20-8-12-24-46(38)54-49)43-22-10-13-25-47(43)58-48-26-14-11-23-44(48)53/h1-32H. The average molecular weight is 741 g/mol. The molecule has 0 unspecified atom stereocenters. The summed E-state index contributed by atoms with van der Waals surface area (Å²) in [4.78, 5) is 20.2. The molecule has 0 bridgehead atoms. The van der Waals surface area contributed by atoms with E-state index in [0.717, 1.165) is 72.2 Å². The van der Waals surface area contributed by atoms with Crippen LogP contribution in [0.2, 0.25) is 0 Å². The van der Waals surface area contributed by atoms with Gasteiger partial charge >= 0.3 is 0 Å². The highest BCUT2D eigenvalue weighted by atomic mass is 16.5. The predicted octanol–water partition coefficient (Wildman–Crippen LogP) is 12.7. The molecule has 5 nitrogen and oxygen atoms in total. The number of fused-ring (bicyclic) bond motifs is 12. The minimum absolute atomic E-state index is 0.556. The first kappa shape index (κ1) is 32.5. The van der Waals surface area contributed by atoms with Crippen molar-refractivity contribution in [2.45, 2.75) is 5.41 Å². The van der Waals surface area contributed by atoms with Crippen molar-refractivity contribution in [3.8, 4) is 68.0 Å². The normalized spacial score (nSPS) is 13.1. The lowest BCUT2D eigenvalue weighted by Crippen LogP contribution is -2.32. The van der Waals surface area contributed by atoms with Crippen LogP contribution in [0.1, 0.15) is 22.3 Å². The Kier molecular flexibility index (Phi) is 7.07. The van der Waals surface area contributed by atoms with Crippen LogP contribution in [0.25, 0.3) is 78.2 Å². The van der Waals surface area contributed by atoms with E-state index in [1.165, 1.54) is 22.3 Å². The molecular weight excluding hydrogens is 709 g/mol. The van der Waals surface area contributed by atoms with E-state index in [-0.39, 0.29) is 0 Å². The van der Waals surface area contributed by atoms with Crippen LogP contribution in [0.3, 0.4) is 0 Å². The summed E-state index contributed by atoms with van der Waals surface area (Å²) in [6.45, 7) is 0. The average Bonchev–Trinajstić information content (AvgIpc) is 3.58. The summed E-state index contributed by atoms with van der Waals surface area (Å²) in [5.74, 6) is 3.66. The van der Waals surface area contributed by atoms with Crippen molar-refractivity contribution in [2.24, 2.45) is 0 Å². The Labute approximate surface area is 335 Å². The summed E-state index contributed by atoms with van der Waals surface area (Å²) < 4.78 is 6.61. The summed E-state index contributed by atoms with van der Waals surface area (Å²) >= 11 is 0. The Bertz CT molecular complexity index is 3150. The van der Waals surface area contributed by atoms with E-state index < -0.39 is 5.41 Å². The molecule has 0 fully saturated rings. The van der Waals surface area contributed by atoms with Gasteiger partial charge in [-0.3, -0.25) is 0 Å². The van der Waals surface area contributed by atoms with E-state index in [1.54, 1.807) is 0 Å². The van der Waals surface area contributed by atoms with Crippen LogP contribution >= 0.6 is 0 Å². The number of para-hydroxylation sites is 3. The Morgan fingerprint density at radius 3 is 1.47 bits per heavy atom. The molecule has 5 heteroatoms. The van der Waals surface area contributed by atoms with Gasteiger partial charge in [-0.2, -0.15) is 0 Å². The molecule has 2 aromatic heterocycles. The van der Waals surface area contributed by atoms with Crippen molar-refractivity contribution in [1.29, 1.82) is 0 Å². The maximum atomic E-state index is 6.61. The zero-order valence-corrected chi connectivity index (χ0v) is 31.2. The molecular formula is C53H32N4O. The highest BCUT2D eigenvalue weighted by Crippen LogP contribution is 2.62. The van der Waals surface area contributed by atoms with Crippen LogP contribution in [0.4, 0.5) is 0 Å². The molecule has 0 radical (unpaired) electrons. The molecule has 1 aliphatic heterocycles. The van der Waals surface area contributed by atoms with E-state index in [9.17, 15) is 0 Å². The van der Waals surface area contributed by atoms with Gasteiger partial charge in [-0.15, -0.1) is 0 Å². The highest BCUT2D eigenvalue weighted by molar-refractivity contribution is 6.13. The molecule has 0 atom stereocenters. The third kappa shape index (κ3) is 4.77. The van der Waals surface area contributed by atoms with Crippen LogP contribution in [0.5, 0.6) is 11.5 Å². The summed E-state index contributed by atoms with van der Waals surface area (Å²) in [7, 11) is 0. The molecule has 0 N–H and O–H groups in total. The fraction of sp³-hybridized carbons (Fsp3) is 0.0189. The first-order chi connectivity index (χ1) is 28.7. The van der Waals surface area contributed by atoms with Crippen molar-refractivity contribution in [2.75, 3.05) is 0 Å². The third-order valence-corrected chi connectivity index (χ3v) is 11.8. The second-order valence-corrected chi connectivity index (χ2v) is 14.9. The number of ether oxygens (including phenoxy) is 1. The molecule has 270 valence electrons. The third-order valence-electron chi connectivity index (χ3n) is 11.8. The van der Waals surface area contributed by atoms with E-state index >= 15 is 0 Å². The van der Waals surface area contributed by atoms with Crippen molar-refractivity contribution in [3.05, 3.63) is 216 Å². The lowest BCUT2D eigenvalue weighted by molar-refractivity contribution is 0.436. The lowest BCUT2D eigenvalue weighted by atomic mass is 9.66. The van der Waals surface area contributed by atoms with Gasteiger partial charge in [-0.1, -0.05) is 164 Å². The van der Waals surface area contributed by atoms with E-state index in [2.05, 4.69) is 133 Å². The SMILES string of the molecule is c1ccc(-c2nc(-c3ccccc3)nc(-c3ccc(-c4nc5ccccc5c5cc6c(cc45)-c4ccccc4C64c5ccccc5Oc5ccccc54)cc3)n2)cc1. The minimum atomic E-state index is -0.556. The smallest absolute Gasteiger partial charge is 0.164 e. The Morgan fingerprint density at radius 1 is 0.328 bits per heavy atom. The van der Waals surface area contributed by atoms with Crippen LogP contribution in [0.15, 0.2) is 194 Å². The molecule has 0 saturated heterocycles. The Morgan fingerprint density at radius 2 is 0.828 bits per heavy atom. The van der Waals surface area contributed by atoms with Crippen molar-refractivity contribution >= 4 is 21.7 Å². The molecule has 0 saturated carbocycles. The zero-order valence-electron chi connectivity index (χ0n) is 31.2. The van der Waals surface area contributed by atoms with Gasteiger partial charge < -0.3 is 4.74 Å². The van der Waals surface area contributed by atoms with Gasteiger partial charge in [0.2, 0.25) is 0 Å². The Balaban J connectivity index is 1.07. The predicted molar refractivity (Wildman–Crippen MR) is 232 cm³/mol. The number of aromatic nitrogens is 4. The summed E-state index contributed by atoms with van der Waals surface area (Å²) in [6, 6.07) is 67.9. The van der Waals surface area contributed by atoms with Gasteiger partial charge in [0.25, 0.3) is 0 Å². The molecule has 58 heavy (non-hydrogen) atoms. The Hall–Kier alpha value is -7.76. The zero-order chi connectivity index (χ0) is 38.2. The second kappa shape index (κ2) is 12.6. The van der Waals surface area contributed by atoms with Crippen molar-refractivity contribution in [3.63, 3.8) is 0 Å². The number of pyridine rings is 1. The van der Waals surface area contributed by atoms with E-state index in [0.29, 0.717) is 17.5 Å². The number of hydrogen-bond donors (Lipinski definition) is 0. The monoisotopic (exact) mass is 740 g/mol. The molecule has 1 aliphatic carbocycles. The van der Waals surface area contributed by atoms with Gasteiger partial charge in [-0.25, -0.2) is 19.9 Å². The fourth-order valence-corrected chi connectivity index (χ4v) is 9.23. The van der Waals surface area contributed by atoms with Gasteiger partial charge in [0.15, 0.2) is 17.5 Å². The molecule has 10 aromatic rings. The second-order valence-electron chi connectivity index (χ2n) is 14.9. The maximum absolute atomic E-state index is 6.61. The highest BCUT2D eigenvalue weighted by Gasteiger charge is 2.51. The molecule has 1 spiro atoms. The number of nitrogens with zero attached hydrogens (tertiary/aromatic N) is 4. The van der Waals surface area contributed by atoms with Gasteiger partial charge in [0.05, 0.1) is 16.6 Å². The van der Waals surface area contributed by atoms with E-state index in [1.807, 2.05) is 60.7 Å². The summed E-state index contributed by atoms with van der Waals surface area (Å²) in [5.41, 5.74) is 12.4. The first-order valence-electron chi connectivity index (χ1n) is 19.6. The molecule has 8 aromatic carbocycles. The van der Waals surface area contributed by atoms with Crippen LogP contribution in [-0.2, 0) is 5.41 Å². The molecule has 2 aliphatic rings. The topological polar surface area (TPSA) is 60.8 Å². The van der Waals surface area contributed by atoms with Crippen molar-refractivity contribution in [1.82, 2.24) is 19.9 Å². The van der Waals surface area contributed by atoms with Crippen molar-refractivity contribution < 1.29 is 4.74 Å². The first-order valence-corrected chi connectivity index (χ1v) is 19.6. The number of hydrogen-bond acceptors (Lipinski definition) is 5. The quantitative estimate of drug-likeness (QED) is 0.168. The minimum Gasteiger partial charge on any atom is -0.457 e. The molecule has 0 amide bonds. The maximum Gasteiger partial charge on any atom is 0.164 e. The van der Waals surface area contributed by atoms with Crippen LogP contribution in [0, 0.1) is 0 Å². The summed E-state index contributed by atoms with van der Waals surface area (Å²) in [6.07, 6.45) is 0. The number of benzene rings is 8. The molecule has 12 rings (SSSR count). The fourth-order valence-electron chi connectivity index (χ4n) is 9.23. The number of rotatable bonds is 4.